The van der Waals surface area contributed by atoms with E-state index >= 15 is 0 Å². The normalized spacial score (nSPS) is 16.0. The van der Waals surface area contributed by atoms with Crippen LogP contribution < -0.4 is 15.2 Å². The van der Waals surface area contributed by atoms with Gasteiger partial charge >= 0.3 is 0 Å². The van der Waals surface area contributed by atoms with Gasteiger partial charge in [-0.1, -0.05) is 6.07 Å². The second kappa shape index (κ2) is 6.05. The molecule has 1 aromatic heterocycles. The number of fused-ring (bicyclic) bond motifs is 1. The van der Waals surface area contributed by atoms with Crippen LogP contribution in [0.25, 0.3) is 0 Å². The average molecular weight is 305 g/mol. The smallest absolute Gasteiger partial charge is 0.231 e. The highest BCUT2D eigenvalue weighted by atomic mass is 32.1. The zero-order chi connectivity index (χ0) is 14.8. The molecule has 1 aliphatic rings. The molecule has 0 bridgehead atoms. The first-order valence-corrected chi connectivity index (χ1v) is 7.83. The second-order valence-electron chi connectivity index (χ2n) is 5.25. The van der Waals surface area contributed by atoms with Crippen molar-refractivity contribution in [2.75, 3.05) is 6.79 Å². The van der Waals surface area contributed by atoms with Crippen molar-refractivity contribution in [3.8, 4) is 11.5 Å². The molecule has 0 amide bonds. The van der Waals surface area contributed by atoms with Crippen LogP contribution in [0.2, 0.25) is 0 Å². The monoisotopic (exact) mass is 305 g/mol. The Kier molecular flexibility index (Phi) is 4.14. The molecule has 112 valence electrons. The minimum Gasteiger partial charge on any atom is -0.454 e. The predicted molar refractivity (Wildman–Crippen MR) is 82.8 cm³/mol. The summed E-state index contributed by atoms with van der Waals surface area (Å²) in [6.45, 7) is 4.85. The van der Waals surface area contributed by atoms with Crippen LogP contribution in [0.5, 0.6) is 11.5 Å². The first kappa shape index (κ1) is 14.4. The van der Waals surface area contributed by atoms with Crippen molar-refractivity contribution in [2.45, 2.75) is 32.6 Å². The third-order valence-electron chi connectivity index (χ3n) is 3.50. The Bertz CT molecular complexity index is 624. The van der Waals surface area contributed by atoms with Crippen LogP contribution in [-0.4, -0.2) is 12.8 Å². The van der Waals surface area contributed by atoms with E-state index in [-0.39, 0.29) is 18.9 Å². The molecule has 1 aromatic carbocycles. The number of aryl methyl sites for hydroxylation is 1. The van der Waals surface area contributed by atoms with Gasteiger partial charge in [0.05, 0.1) is 6.61 Å². The quantitative estimate of drug-likeness (QED) is 0.920. The van der Waals surface area contributed by atoms with Crippen LogP contribution in [0.1, 0.15) is 29.0 Å². The maximum Gasteiger partial charge on any atom is 0.231 e. The highest BCUT2D eigenvalue weighted by Crippen LogP contribution is 2.34. The first-order valence-electron chi connectivity index (χ1n) is 6.95. The van der Waals surface area contributed by atoms with Crippen LogP contribution in [0.4, 0.5) is 0 Å². The van der Waals surface area contributed by atoms with E-state index in [4.69, 9.17) is 19.9 Å². The summed E-state index contributed by atoms with van der Waals surface area (Å²) in [5.41, 5.74) is 8.37. The number of ether oxygens (including phenoxy) is 3. The molecule has 3 rings (SSSR count). The fraction of sp³-hybridized carbons (Fsp3) is 0.375. The molecule has 4 nitrogen and oxygen atoms in total. The highest BCUT2D eigenvalue weighted by molar-refractivity contribution is 7.10. The van der Waals surface area contributed by atoms with Crippen LogP contribution >= 0.6 is 11.3 Å². The summed E-state index contributed by atoms with van der Waals surface area (Å²) in [5.74, 6) is 1.57. The van der Waals surface area contributed by atoms with Gasteiger partial charge in [-0.15, -0.1) is 11.3 Å². The molecule has 0 spiro atoms. The lowest BCUT2D eigenvalue weighted by atomic mass is 10.1. The maximum absolute atomic E-state index is 6.09. The van der Waals surface area contributed by atoms with Crippen LogP contribution in [0.15, 0.2) is 29.6 Å². The summed E-state index contributed by atoms with van der Waals surface area (Å²) in [5, 5.41) is 2.07. The van der Waals surface area contributed by atoms with E-state index < -0.39 is 0 Å². The fourth-order valence-electron chi connectivity index (χ4n) is 2.36. The van der Waals surface area contributed by atoms with Gasteiger partial charge in [0.1, 0.15) is 6.10 Å². The van der Waals surface area contributed by atoms with Gasteiger partial charge in [-0.25, -0.2) is 0 Å². The molecule has 21 heavy (non-hydrogen) atoms. The Balaban J connectivity index is 1.71. The Labute approximate surface area is 128 Å². The van der Waals surface area contributed by atoms with Gasteiger partial charge in [0, 0.05) is 10.9 Å². The molecule has 5 heteroatoms. The minimum absolute atomic E-state index is 0.0589. The number of thiophene rings is 1. The topological polar surface area (TPSA) is 53.7 Å². The SMILES string of the molecule is Cc1ccsc1C(OCc1ccc2c(c1)OCO2)C(C)N. The largest absolute Gasteiger partial charge is 0.454 e. The molecule has 0 aliphatic carbocycles. The first-order chi connectivity index (χ1) is 10.1. The van der Waals surface area contributed by atoms with Gasteiger partial charge in [-0.2, -0.15) is 0 Å². The van der Waals surface area contributed by atoms with Gasteiger partial charge in [-0.3, -0.25) is 0 Å². The molecule has 0 saturated carbocycles. The molecule has 2 unspecified atom stereocenters. The molecule has 1 aliphatic heterocycles. The Morgan fingerprint density at radius 2 is 2.10 bits per heavy atom. The molecule has 0 saturated heterocycles. The zero-order valence-corrected chi connectivity index (χ0v) is 13.0. The molecule has 2 atom stereocenters. The third kappa shape index (κ3) is 3.05. The average Bonchev–Trinajstić information content (AvgIpc) is 3.07. The van der Waals surface area contributed by atoms with E-state index in [2.05, 4.69) is 18.4 Å². The third-order valence-corrected chi connectivity index (χ3v) is 4.58. The van der Waals surface area contributed by atoms with Gasteiger partial charge < -0.3 is 19.9 Å². The molecule has 2 N–H and O–H groups in total. The maximum atomic E-state index is 6.09. The predicted octanol–water partition coefficient (Wildman–Crippen LogP) is 3.39. The Morgan fingerprint density at radius 1 is 1.29 bits per heavy atom. The van der Waals surface area contributed by atoms with E-state index in [0.29, 0.717) is 6.61 Å². The van der Waals surface area contributed by atoms with Gasteiger partial charge in [-0.05, 0) is 48.6 Å². The van der Waals surface area contributed by atoms with Crippen molar-refractivity contribution in [1.29, 1.82) is 0 Å². The molecule has 2 heterocycles. The second-order valence-corrected chi connectivity index (χ2v) is 6.19. The molecule has 0 radical (unpaired) electrons. The van der Waals surface area contributed by atoms with Crippen molar-refractivity contribution in [2.24, 2.45) is 5.73 Å². The number of rotatable bonds is 5. The summed E-state index contributed by atoms with van der Waals surface area (Å²) < 4.78 is 16.8. The molecule has 0 fully saturated rings. The number of hydrogen-bond donors (Lipinski definition) is 1. The lowest BCUT2D eigenvalue weighted by molar-refractivity contribution is 0.0278. The summed E-state index contributed by atoms with van der Waals surface area (Å²) >= 11 is 1.69. The molecular formula is C16H19NO3S. The number of nitrogens with two attached hydrogens (primary N) is 1. The summed E-state index contributed by atoms with van der Waals surface area (Å²) in [4.78, 5) is 1.20. The molecular weight excluding hydrogens is 286 g/mol. The van der Waals surface area contributed by atoms with Crippen molar-refractivity contribution in [1.82, 2.24) is 0 Å². The van der Waals surface area contributed by atoms with E-state index in [1.54, 1.807) is 11.3 Å². The highest BCUT2D eigenvalue weighted by Gasteiger charge is 2.21. The van der Waals surface area contributed by atoms with Crippen LogP contribution in [0.3, 0.4) is 0 Å². The van der Waals surface area contributed by atoms with Crippen molar-refractivity contribution in [3.63, 3.8) is 0 Å². The van der Waals surface area contributed by atoms with Crippen LogP contribution in [0, 0.1) is 6.92 Å². The van der Waals surface area contributed by atoms with Crippen molar-refractivity contribution < 1.29 is 14.2 Å². The summed E-state index contributed by atoms with van der Waals surface area (Å²) in [7, 11) is 0. The van der Waals surface area contributed by atoms with E-state index in [1.807, 2.05) is 25.1 Å². The standard InChI is InChI=1S/C16H19NO3S/c1-10-5-6-21-16(10)15(11(2)17)18-8-12-3-4-13-14(7-12)20-9-19-13/h3-7,11,15H,8-9,17H2,1-2H3. The summed E-state index contributed by atoms with van der Waals surface area (Å²) in [6, 6.07) is 7.91. The summed E-state index contributed by atoms with van der Waals surface area (Å²) in [6.07, 6.45) is -0.0876. The van der Waals surface area contributed by atoms with Gasteiger partial charge in [0.25, 0.3) is 0 Å². The van der Waals surface area contributed by atoms with E-state index in [1.165, 1.54) is 10.4 Å². The zero-order valence-electron chi connectivity index (χ0n) is 12.2. The number of benzene rings is 1. The van der Waals surface area contributed by atoms with E-state index in [0.717, 1.165) is 17.1 Å². The lowest BCUT2D eigenvalue weighted by Gasteiger charge is -2.21. The van der Waals surface area contributed by atoms with Gasteiger partial charge in [0.2, 0.25) is 6.79 Å². The van der Waals surface area contributed by atoms with Crippen LogP contribution in [-0.2, 0) is 11.3 Å². The Hall–Kier alpha value is -1.56. The minimum atomic E-state index is -0.0876. The van der Waals surface area contributed by atoms with Crippen molar-refractivity contribution in [3.05, 3.63) is 45.6 Å². The number of hydrogen-bond acceptors (Lipinski definition) is 5. The Morgan fingerprint density at radius 3 is 2.81 bits per heavy atom. The van der Waals surface area contributed by atoms with Gasteiger partial charge in [0.15, 0.2) is 11.5 Å². The lowest BCUT2D eigenvalue weighted by Crippen LogP contribution is -2.26. The fourth-order valence-corrected chi connectivity index (χ4v) is 3.45. The van der Waals surface area contributed by atoms with E-state index in [9.17, 15) is 0 Å². The van der Waals surface area contributed by atoms with Crippen molar-refractivity contribution >= 4 is 11.3 Å². The molecule has 2 aromatic rings.